The maximum Gasteiger partial charge on any atom is 0.146 e. The van der Waals surface area contributed by atoms with Crippen LogP contribution in [0.5, 0.6) is 0 Å². The van der Waals surface area contributed by atoms with Crippen molar-refractivity contribution in [3.8, 4) is 0 Å². The van der Waals surface area contributed by atoms with Crippen LogP contribution in [0.1, 0.15) is 17.2 Å². The molecule has 1 atom stereocenters. The summed E-state index contributed by atoms with van der Waals surface area (Å²) in [6.45, 7) is 0. The Morgan fingerprint density at radius 3 is 2.47 bits per heavy atom. The standard InChI is InChI=1S/C14H11Cl2F2N/c15-10-3-1-2-9(14(10)18)13(19)7-8-4-5-12(17)11(16)6-8/h1-6,13H,7,19H2. The molecule has 1 unspecified atom stereocenters. The second-order valence-electron chi connectivity index (χ2n) is 4.20. The molecule has 5 heteroatoms. The summed E-state index contributed by atoms with van der Waals surface area (Å²) < 4.78 is 26.8. The Balaban J connectivity index is 2.23. The quantitative estimate of drug-likeness (QED) is 0.886. The average Bonchev–Trinajstić information content (AvgIpc) is 2.37. The van der Waals surface area contributed by atoms with Gasteiger partial charge in [-0.15, -0.1) is 0 Å². The monoisotopic (exact) mass is 301 g/mol. The third-order valence-corrected chi connectivity index (χ3v) is 3.40. The first-order valence-corrected chi connectivity index (χ1v) is 6.38. The van der Waals surface area contributed by atoms with Gasteiger partial charge < -0.3 is 5.73 Å². The van der Waals surface area contributed by atoms with Gasteiger partial charge in [-0.3, -0.25) is 0 Å². The molecule has 19 heavy (non-hydrogen) atoms. The van der Waals surface area contributed by atoms with Crippen LogP contribution < -0.4 is 5.73 Å². The lowest BCUT2D eigenvalue weighted by atomic mass is 9.99. The lowest BCUT2D eigenvalue weighted by Crippen LogP contribution is -2.15. The molecule has 0 aliphatic carbocycles. The molecule has 0 radical (unpaired) electrons. The smallest absolute Gasteiger partial charge is 0.146 e. The summed E-state index contributed by atoms with van der Waals surface area (Å²) in [6.07, 6.45) is 0.345. The molecule has 100 valence electrons. The van der Waals surface area contributed by atoms with Crippen LogP contribution in [0.3, 0.4) is 0 Å². The largest absolute Gasteiger partial charge is 0.324 e. The summed E-state index contributed by atoms with van der Waals surface area (Å²) in [5.74, 6) is -1.02. The Kier molecular flexibility index (Phi) is 4.40. The highest BCUT2D eigenvalue weighted by Gasteiger charge is 2.14. The maximum atomic E-state index is 13.8. The van der Waals surface area contributed by atoms with E-state index in [2.05, 4.69) is 0 Å². The topological polar surface area (TPSA) is 26.0 Å². The first-order chi connectivity index (χ1) is 8.99. The van der Waals surface area contributed by atoms with Gasteiger partial charge in [-0.2, -0.15) is 0 Å². The molecule has 0 aromatic heterocycles. The van der Waals surface area contributed by atoms with Gasteiger partial charge in [0.25, 0.3) is 0 Å². The summed E-state index contributed by atoms with van der Waals surface area (Å²) in [5, 5.41) is 0.0568. The van der Waals surface area contributed by atoms with E-state index < -0.39 is 17.7 Å². The van der Waals surface area contributed by atoms with Crippen molar-refractivity contribution in [3.05, 3.63) is 69.2 Å². The highest BCUT2D eigenvalue weighted by molar-refractivity contribution is 6.31. The number of hydrogen-bond acceptors (Lipinski definition) is 1. The Morgan fingerprint density at radius 2 is 1.79 bits per heavy atom. The third-order valence-electron chi connectivity index (χ3n) is 2.82. The van der Waals surface area contributed by atoms with Gasteiger partial charge in [-0.25, -0.2) is 8.78 Å². The van der Waals surface area contributed by atoms with Crippen molar-refractivity contribution in [1.82, 2.24) is 0 Å². The fourth-order valence-corrected chi connectivity index (χ4v) is 2.22. The SMILES string of the molecule is NC(Cc1ccc(F)c(Cl)c1)c1cccc(Cl)c1F. The minimum atomic E-state index is -0.569. The van der Waals surface area contributed by atoms with Crippen LogP contribution in [0.4, 0.5) is 8.78 Å². The lowest BCUT2D eigenvalue weighted by Gasteiger charge is -2.14. The molecule has 0 amide bonds. The van der Waals surface area contributed by atoms with E-state index in [-0.39, 0.29) is 10.0 Å². The van der Waals surface area contributed by atoms with Crippen molar-refractivity contribution < 1.29 is 8.78 Å². The van der Waals surface area contributed by atoms with E-state index in [0.717, 1.165) is 5.56 Å². The van der Waals surface area contributed by atoms with Gasteiger partial charge in [-0.05, 0) is 30.2 Å². The summed E-state index contributed by atoms with van der Waals surface area (Å²) in [4.78, 5) is 0. The van der Waals surface area contributed by atoms with Crippen molar-refractivity contribution in [2.45, 2.75) is 12.5 Å². The predicted molar refractivity (Wildman–Crippen MR) is 73.5 cm³/mol. The zero-order valence-electron chi connectivity index (χ0n) is 9.84. The molecule has 2 rings (SSSR count). The van der Waals surface area contributed by atoms with Gasteiger partial charge in [-0.1, -0.05) is 41.4 Å². The van der Waals surface area contributed by atoms with Crippen molar-refractivity contribution in [2.75, 3.05) is 0 Å². The zero-order chi connectivity index (χ0) is 14.0. The van der Waals surface area contributed by atoms with Crippen LogP contribution in [0, 0.1) is 11.6 Å². The third kappa shape index (κ3) is 3.24. The molecule has 0 spiro atoms. The van der Waals surface area contributed by atoms with Crippen LogP contribution in [0.2, 0.25) is 10.0 Å². The van der Waals surface area contributed by atoms with Crippen LogP contribution in [-0.2, 0) is 6.42 Å². The number of halogens is 4. The number of hydrogen-bond donors (Lipinski definition) is 1. The van der Waals surface area contributed by atoms with E-state index in [1.165, 1.54) is 18.2 Å². The van der Waals surface area contributed by atoms with Gasteiger partial charge in [0.15, 0.2) is 0 Å². The normalized spacial score (nSPS) is 12.5. The summed E-state index contributed by atoms with van der Waals surface area (Å²) in [7, 11) is 0. The molecule has 0 saturated carbocycles. The second-order valence-corrected chi connectivity index (χ2v) is 5.02. The van der Waals surface area contributed by atoms with Crippen molar-refractivity contribution >= 4 is 23.2 Å². The zero-order valence-corrected chi connectivity index (χ0v) is 11.3. The lowest BCUT2D eigenvalue weighted by molar-refractivity contribution is 0.580. The Hall–Kier alpha value is -1.16. The first-order valence-electron chi connectivity index (χ1n) is 5.62. The van der Waals surface area contributed by atoms with E-state index in [1.807, 2.05) is 0 Å². The van der Waals surface area contributed by atoms with Gasteiger partial charge in [0.2, 0.25) is 0 Å². The van der Waals surface area contributed by atoms with E-state index in [1.54, 1.807) is 18.2 Å². The van der Waals surface area contributed by atoms with E-state index in [4.69, 9.17) is 28.9 Å². The number of benzene rings is 2. The highest BCUT2D eigenvalue weighted by Crippen LogP contribution is 2.25. The molecule has 2 N–H and O–H groups in total. The molecule has 2 aromatic rings. The molecule has 0 fully saturated rings. The van der Waals surface area contributed by atoms with Crippen molar-refractivity contribution in [1.29, 1.82) is 0 Å². The van der Waals surface area contributed by atoms with E-state index in [9.17, 15) is 8.78 Å². The Bertz CT molecular complexity index is 602. The van der Waals surface area contributed by atoms with Crippen LogP contribution in [0.25, 0.3) is 0 Å². The number of rotatable bonds is 3. The van der Waals surface area contributed by atoms with Gasteiger partial charge in [0.1, 0.15) is 11.6 Å². The fourth-order valence-electron chi connectivity index (χ4n) is 1.84. The highest BCUT2D eigenvalue weighted by atomic mass is 35.5. The Morgan fingerprint density at radius 1 is 1.05 bits per heavy atom. The van der Waals surface area contributed by atoms with Gasteiger partial charge >= 0.3 is 0 Å². The Labute approximate surface area is 119 Å². The van der Waals surface area contributed by atoms with Crippen molar-refractivity contribution in [3.63, 3.8) is 0 Å². The molecule has 1 nitrogen and oxygen atoms in total. The van der Waals surface area contributed by atoms with Gasteiger partial charge in [0.05, 0.1) is 10.0 Å². The number of nitrogens with two attached hydrogens (primary N) is 1. The molecule has 0 heterocycles. The minimum absolute atomic E-state index is 0.0243. The van der Waals surface area contributed by atoms with Crippen LogP contribution in [0.15, 0.2) is 36.4 Å². The predicted octanol–water partition coefficient (Wildman–Crippen LogP) is 4.51. The van der Waals surface area contributed by atoms with Crippen LogP contribution >= 0.6 is 23.2 Å². The summed E-state index contributed by atoms with van der Waals surface area (Å²) in [5.41, 5.74) is 7.01. The van der Waals surface area contributed by atoms with Gasteiger partial charge in [0, 0.05) is 11.6 Å². The maximum absolute atomic E-state index is 13.8. The molecular formula is C14H11Cl2F2N. The molecule has 0 aliphatic heterocycles. The minimum Gasteiger partial charge on any atom is -0.324 e. The summed E-state index contributed by atoms with van der Waals surface area (Å²) >= 11 is 11.4. The molecule has 0 aliphatic rings. The van der Waals surface area contributed by atoms with Crippen molar-refractivity contribution in [2.24, 2.45) is 5.73 Å². The van der Waals surface area contributed by atoms with Crippen LogP contribution in [-0.4, -0.2) is 0 Å². The first kappa shape index (κ1) is 14.3. The molecule has 0 bridgehead atoms. The second kappa shape index (κ2) is 5.87. The summed E-state index contributed by atoms with van der Waals surface area (Å²) in [6, 6.07) is 8.43. The molecule has 0 saturated heterocycles. The van der Waals surface area contributed by atoms with E-state index in [0.29, 0.717) is 12.0 Å². The average molecular weight is 302 g/mol. The molecular weight excluding hydrogens is 291 g/mol. The molecule has 2 aromatic carbocycles. The van der Waals surface area contributed by atoms with E-state index >= 15 is 0 Å². The fraction of sp³-hybridized carbons (Fsp3) is 0.143.